The highest BCUT2D eigenvalue weighted by molar-refractivity contribution is 6.38. The zero-order valence-electron chi connectivity index (χ0n) is 18.4. The number of allylic oxidation sites excluding steroid dienone is 1. The lowest BCUT2D eigenvalue weighted by Crippen LogP contribution is -2.57. The molecule has 1 aliphatic rings. The quantitative estimate of drug-likeness (QED) is 0.262. The maximum absolute atomic E-state index is 12.9. The summed E-state index contributed by atoms with van der Waals surface area (Å²) < 4.78 is 0. The predicted molar refractivity (Wildman–Crippen MR) is 116 cm³/mol. The van der Waals surface area contributed by atoms with Gasteiger partial charge in [-0.1, -0.05) is 32.9 Å². The molecule has 0 aromatic heterocycles. The third kappa shape index (κ3) is 7.09. The summed E-state index contributed by atoms with van der Waals surface area (Å²) in [7, 11) is 0. The zero-order valence-corrected chi connectivity index (χ0v) is 18.4. The molecular weight excluding hydrogens is 384 g/mol. The van der Waals surface area contributed by atoms with E-state index in [-0.39, 0.29) is 12.3 Å². The van der Waals surface area contributed by atoms with Gasteiger partial charge in [0.2, 0.25) is 17.6 Å². The average Bonchev–Trinajstić information content (AvgIpc) is 3.18. The molecule has 3 atom stereocenters. The van der Waals surface area contributed by atoms with Crippen molar-refractivity contribution in [3.8, 4) is 0 Å². The van der Waals surface area contributed by atoms with E-state index >= 15 is 0 Å². The molecular formula is C22H36N4O4. The molecule has 0 radical (unpaired) electrons. The Morgan fingerprint density at radius 1 is 1.17 bits per heavy atom. The Kier molecular flexibility index (Phi) is 9.92. The maximum Gasteiger partial charge on any atom is 0.289 e. The van der Waals surface area contributed by atoms with Gasteiger partial charge < -0.3 is 21.3 Å². The summed E-state index contributed by atoms with van der Waals surface area (Å²) in [6.45, 7) is 13.5. The molecule has 168 valence electrons. The van der Waals surface area contributed by atoms with Crippen molar-refractivity contribution in [1.29, 1.82) is 0 Å². The Hall–Kier alpha value is -2.48. The molecule has 1 aliphatic heterocycles. The SMILES string of the molecule is C=CCCNC(=O)C(=O)C(CCC=C)NC(=O)[C@@H]1CCCN1C(=O)[C@@H](N)C(C)(C)C. The molecule has 0 bridgehead atoms. The molecule has 1 heterocycles. The Morgan fingerprint density at radius 2 is 1.80 bits per heavy atom. The van der Waals surface area contributed by atoms with Crippen LogP contribution < -0.4 is 16.4 Å². The average molecular weight is 421 g/mol. The van der Waals surface area contributed by atoms with Gasteiger partial charge in [-0.05, 0) is 37.5 Å². The summed E-state index contributed by atoms with van der Waals surface area (Å²) in [6.07, 6.45) is 5.67. The predicted octanol–water partition coefficient (Wildman–Crippen LogP) is 1.06. The smallest absolute Gasteiger partial charge is 0.289 e. The normalized spacial score (nSPS) is 18.3. The molecule has 1 rings (SSSR count). The number of hydrogen-bond donors (Lipinski definition) is 3. The molecule has 1 saturated heterocycles. The fourth-order valence-corrected chi connectivity index (χ4v) is 3.21. The van der Waals surface area contributed by atoms with Crippen LogP contribution in [0.3, 0.4) is 0 Å². The van der Waals surface area contributed by atoms with Gasteiger partial charge >= 0.3 is 0 Å². The molecule has 3 amide bonds. The second kappa shape index (κ2) is 11.6. The summed E-state index contributed by atoms with van der Waals surface area (Å²) in [5.74, 6) is -2.18. The number of nitrogens with zero attached hydrogens (tertiary/aromatic N) is 1. The van der Waals surface area contributed by atoms with Gasteiger partial charge in [0.05, 0.1) is 12.1 Å². The van der Waals surface area contributed by atoms with Gasteiger partial charge in [-0.2, -0.15) is 0 Å². The Bertz CT molecular complexity index is 669. The van der Waals surface area contributed by atoms with Crippen molar-refractivity contribution in [2.45, 2.75) is 71.0 Å². The van der Waals surface area contributed by atoms with E-state index in [1.165, 1.54) is 4.90 Å². The Labute approximate surface area is 179 Å². The second-order valence-corrected chi connectivity index (χ2v) is 8.66. The first-order valence-electron chi connectivity index (χ1n) is 10.4. The van der Waals surface area contributed by atoms with Crippen molar-refractivity contribution in [3.63, 3.8) is 0 Å². The first-order valence-corrected chi connectivity index (χ1v) is 10.4. The van der Waals surface area contributed by atoms with E-state index in [1.54, 1.807) is 12.2 Å². The first kappa shape index (κ1) is 25.6. The van der Waals surface area contributed by atoms with Crippen LogP contribution >= 0.6 is 0 Å². The van der Waals surface area contributed by atoms with E-state index in [0.717, 1.165) is 0 Å². The molecule has 8 nitrogen and oxygen atoms in total. The lowest BCUT2D eigenvalue weighted by atomic mass is 9.86. The van der Waals surface area contributed by atoms with Gasteiger partial charge in [-0.15, -0.1) is 13.2 Å². The Morgan fingerprint density at radius 3 is 2.37 bits per heavy atom. The molecule has 8 heteroatoms. The molecule has 0 aromatic rings. The summed E-state index contributed by atoms with van der Waals surface area (Å²) in [6, 6.07) is -2.42. The number of ketones is 1. The lowest BCUT2D eigenvalue weighted by molar-refractivity contribution is -0.143. The minimum atomic E-state index is -0.979. The van der Waals surface area contributed by atoms with Gasteiger partial charge in [-0.25, -0.2) is 0 Å². The standard InChI is InChI=1S/C22H36N4O4/c1-6-8-11-15(17(27)20(29)24-13-9-7-2)25-19(28)16-12-10-14-26(16)21(30)18(23)22(3,4)5/h6-7,15-16,18H,1-2,8-14,23H2,3-5H3,(H,24,29)(H,25,28)/t15?,16-,18+/m0/s1. The van der Waals surface area contributed by atoms with E-state index in [0.29, 0.717) is 38.8 Å². The lowest BCUT2D eigenvalue weighted by Gasteiger charge is -2.33. The van der Waals surface area contributed by atoms with Crippen molar-refractivity contribution in [1.82, 2.24) is 15.5 Å². The maximum atomic E-state index is 12.9. The number of rotatable bonds is 11. The van der Waals surface area contributed by atoms with Crippen molar-refractivity contribution < 1.29 is 19.2 Å². The van der Waals surface area contributed by atoms with Crippen molar-refractivity contribution in [2.24, 2.45) is 11.1 Å². The summed E-state index contributed by atoms with van der Waals surface area (Å²) >= 11 is 0. The van der Waals surface area contributed by atoms with Crippen LogP contribution in [0.5, 0.6) is 0 Å². The van der Waals surface area contributed by atoms with Crippen molar-refractivity contribution in [2.75, 3.05) is 13.1 Å². The van der Waals surface area contributed by atoms with E-state index in [4.69, 9.17) is 5.73 Å². The first-order chi connectivity index (χ1) is 14.0. The highest BCUT2D eigenvalue weighted by atomic mass is 16.2. The van der Waals surface area contributed by atoms with Crippen LogP contribution in [0.2, 0.25) is 0 Å². The molecule has 0 saturated carbocycles. The zero-order chi connectivity index (χ0) is 22.9. The fourth-order valence-electron chi connectivity index (χ4n) is 3.21. The van der Waals surface area contributed by atoms with Crippen LogP contribution in [0.25, 0.3) is 0 Å². The minimum Gasteiger partial charge on any atom is -0.349 e. The molecule has 0 spiro atoms. The number of carbonyl (C=O) groups excluding carboxylic acids is 4. The van der Waals surface area contributed by atoms with E-state index in [9.17, 15) is 19.2 Å². The van der Waals surface area contributed by atoms with Crippen molar-refractivity contribution >= 4 is 23.5 Å². The van der Waals surface area contributed by atoms with Crippen LogP contribution in [-0.4, -0.2) is 59.6 Å². The van der Waals surface area contributed by atoms with Gasteiger partial charge in [0.25, 0.3) is 5.91 Å². The van der Waals surface area contributed by atoms with Crippen LogP contribution in [0, 0.1) is 5.41 Å². The van der Waals surface area contributed by atoms with E-state index in [2.05, 4.69) is 23.8 Å². The number of nitrogens with two attached hydrogens (primary N) is 1. The number of likely N-dealkylation sites (tertiary alicyclic amines) is 1. The number of carbonyl (C=O) groups is 4. The second-order valence-electron chi connectivity index (χ2n) is 8.66. The van der Waals surface area contributed by atoms with Crippen LogP contribution in [0.15, 0.2) is 25.3 Å². The van der Waals surface area contributed by atoms with Crippen LogP contribution in [0.1, 0.15) is 52.9 Å². The van der Waals surface area contributed by atoms with Gasteiger partial charge in [0.15, 0.2) is 0 Å². The largest absolute Gasteiger partial charge is 0.349 e. The topological polar surface area (TPSA) is 122 Å². The third-order valence-corrected chi connectivity index (χ3v) is 5.19. The third-order valence-electron chi connectivity index (χ3n) is 5.19. The minimum absolute atomic E-state index is 0.255. The molecule has 4 N–H and O–H groups in total. The number of hydrogen-bond acceptors (Lipinski definition) is 5. The highest BCUT2D eigenvalue weighted by Crippen LogP contribution is 2.24. The monoisotopic (exact) mass is 420 g/mol. The summed E-state index contributed by atoms with van der Waals surface area (Å²) in [5.41, 5.74) is 5.66. The van der Waals surface area contributed by atoms with Gasteiger partial charge in [0, 0.05) is 13.1 Å². The number of amides is 3. The summed E-state index contributed by atoms with van der Waals surface area (Å²) in [5, 5.41) is 5.20. The number of Topliss-reactive ketones (excluding diaryl/α,β-unsaturated/α-hetero) is 1. The number of nitrogens with one attached hydrogen (secondary N) is 2. The molecule has 1 fully saturated rings. The van der Waals surface area contributed by atoms with Crippen molar-refractivity contribution in [3.05, 3.63) is 25.3 Å². The van der Waals surface area contributed by atoms with E-state index < -0.39 is 41.1 Å². The molecule has 30 heavy (non-hydrogen) atoms. The van der Waals surface area contributed by atoms with Gasteiger partial charge in [-0.3, -0.25) is 19.2 Å². The van der Waals surface area contributed by atoms with Gasteiger partial charge in [0.1, 0.15) is 6.04 Å². The van der Waals surface area contributed by atoms with E-state index in [1.807, 2.05) is 20.8 Å². The highest BCUT2D eigenvalue weighted by Gasteiger charge is 2.40. The molecule has 0 aliphatic carbocycles. The van der Waals surface area contributed by atoms with Crippen LogP contribution in [0.4, 0.5) is 0 Å². The van der Waals surface area contributed by atoms with Crippen LogP contribution in [-0.2, 0) is 19.2 Å². The fraction of sp³-hybridized carbons (Fsp3) is 0.636. The summed E-state index contributed by atoms with van der Waals surface area (Å²) in [4.78, 5) is 51.9. The Balaban J connectivity index is 2.87. The molecule has 1 unspecified atom stereocenters. The molecule has 0 aromatic carbocycles.